The fraction of sp³-hybridized carbons (Fsp3) is 0.735. The second-order valence-corrected chi connectivity index (χ2v) is 42.6. The summed E-state index contributed by atoms with van der Waals surface area (Å²) in [5, 5.41) is 40.6. The maximum atomic E-state index is 13.6. The molecule has 0 saturated heterocycles. The highest BCUT2D eigenvalue weighted by Gasteiger charge is 2.64. The van der Waals surface area contributed by atoms with Crippen LogP contribution in [0.4, 0.5) is 26.3 Å². The summed E-state index contributed by atoms with van der Waals surface area (Å²) in [7, 11) is 0. The minimum atomic E-state index is -2.65. The largest absolute Gasteiger partial charge is 0.384 e. The minimum Gasteiger partial charge on any atom is -0.384 e. The molecule has 3 N–H and O–H groups in total. The van der Waals surface area contributed by atoms with Crippen molar-refractivity contribution in [2.45, 2.75) is 250 Å². The van der Waals surface area contributed by atoms with Crippen molar-refractivity contribution >= 4 is 120 Å². The van der Waals surface area contributed by atoms with Crippen molar-refractivity contribution in [2.24, 2.45) is 128 Å². The van der Waals surface area contributed by atoms with Crippen molar-refractivity contribution in [3.63, 3.8) is 0 Å². The van der Waals surface area contributed by atoms with Crippen molar-refractivity contribution in [1.82, 2.24) is 34.5 Å². The number of aromatic nitrogens is 7. The van der Waals surface area contributed by atoms with Crippen molar-refractivity contribution in [2.75, 3.05) is 5.33 Å². The van der Waals surface area contributed by atoms with Gasteiger partial charge in [-0.05, 0) is 354 Å². The Balaban J connectivity index is 0.000000125. The van der Waals surface area contributed by atoms with Crippen LogP contribution in [0.5, 0.6) is 0 Å². The number of Topliss-reactive ketones (excluding diaryl/α,β-unsaturated/α-hetero) is 3. The van der Waals surface area contributed by atoms with Crippen LogP contribution in [0.3, 0.4) is 0 Å². The Kier molecular flexibility index (Phi) is 24.3. The first kappa shape index (κ1) is 80.2. The van der Waals surface area contributed by atoms with Crippen LogP contribution >= 0.6 is 73.3 Å². The van der Waals surface area contributed by atoms with Gasteiger partial charge in [-0.15, -0.1) is 0 Å². The Morgan fingerprint density at radius 2 is 0.925 bits per heavy atom. The van der Waals surface area contributed by atoms with Crippen molar-refractivity contribution < 1.29 is 56.0 Å². The number of carbonyl (C=O) groups excluding carboxylic acids is 3. The molecule has 18 rings (SSSR count). The number of hydrogen-bond donors (Lipinski definition) is 3. The molecule has 12 saturated carbocycles. The number of thiocarbonyl (C=S) groups is 1. The summed E-state index contributed by atoms with van der Waals surface area (Å²) in [5.41, 5.74) is 0.462. The van der Waals surface area contributed by atoms with Gasteiger partial charge in [-0.2, -0.15) is 10.2 Å². The molecule has 1 aliphatic heterocycles. The zero-order chi connectivity index (χ0) is 75.7. The average molecular weight is 1790 g/mol. The van der Waals surface area contributed by atoms with Crippen LogP contribution in [0.15, 0.2) is 72.4 Å². The number of nitrogens with zero attached hydrogens (tertiary/aromatic N) is 8. The van der Waals surface area contributed by atoms with E-state index < -0.39 is 36.1 Å². The van der Waals surface area contributed by atoms with Gasteiger partial charge in [-0.3, -0.25) is 43.7 Å². The molecule has 584 valence electrons. The molecule has 0 aromatic carbocycles. The Labute approximate surface area is 666 Å². The van der Waals surface area contributed by atoms with Crippen LogP contribution in [0.2, 0.25) is 0 Å². The van der Waals surface area contributed by atoms with E-state index in [2.05, 4.69) is 130 Å². The quantitative estimate of drug-likeness (QED) is 0.0372. The summed E-state index contributed by atoms with van der Waals surface area (Å²) in [6.07, 6.45) is 25.3. The number of aliphatic imine (C=N–C) groups is 1. The van der Waals surface area contributed by atoms with E-state index >= 15 is 0 Å². The maximum absolute atomic E-state index is 13.6. The van der Waals surface area contributed by atoms with Crippen LogP contribution in [-0.2, 0) is 34.0 Å². The van der Waals surface area contributed by atoms with Gasteiger partial charge in [0.1, 0.15) is 46.6 Å². The number of carbonyl (C=O) groups is 3. The monoisotopic (exact) mass is 1790 g/mol. The van der Waals surface area contributed by atoms with Gasteiger partial charge in [0.25, 0.3) is 19.3 Å². The lowest BCUT2D eigenvalue weighted by atomic mass is 9.49. The number of hydrogen-bond acceptors (Lipinski definition) is 13. The molecular formula is C83H107BrF6I2N8O6S. The molecule has 12 aliphatic carbocycles. The molecule has 0 unspecified atom stereocenters. The van der Waals surface area contributed by atoms with E-state index in [-0.39, 0.29) is 102 Å². The Morgan fingerprint density at radius 1 is 0.514 bits per heavy atom. The van der Waals surface area contributed by atoms with Gasteiger partial charge in [0.05, 0.1) is 42.0 Å². The molecule has 24 atom stereocenters. The third-order valence-electron chi connectivity index (χ3n) is 31.4. The van der Waals surface area contributed by atoms with Gasteiger partial charge in [0, 0.05) is 48.1 Å². The summed E-state index contributed by atoms with van der Waals surface area (Å²) in [4.78, 5) is 56.3. The predicted molar refractivity (Wildman–Crippen MR) is 425 cm³/mol. The third kappa shape index (κ3) is 15.6. The number of rotatable bonds is 11. The molecule has 0 bridgehead atoms. The molecule has 12 fully saturated rings. The van der Waals surface area contributed by atoms with Crippen LogP contribution in [0.25, 0.3) is 22.1 Å². The molecule has 6 heterocycles. The zero-order valence-corrected chi connectivity index (χ0v) is 68.6. The van der Waals surface area contributed by atoms with Gasteiger partial charge < -0.3 is 15.3 Å². The summed E-state index contributed by atoms with van der Waals surface area (Å²) in [6.45, 7) is 8.43. The SMILES string of the molecule is C1=NCc2cccnc21.C[C@]12CC[C@H]3[C@@H](CC[C@@H]4C[C@@](O)(C(F)F)CC[C@@H]43)[C@@H]1CC[C@@H]2C(=O)CBr.C[C@]12CC[C@H]3[C@@H](CC[C@@H]4C[C@@](O)(C(F)F)CC[C@@H]43)[C@@H]1CC[C@@H]2C(=O)Cn1cc2ncccc2n1.C[C@]12CC[C@H]3[C@@H](CC[C@@H]4C[C@@](O)(C(F)F)CC[C@@H]43)[C@@H]1CC[C@@H]2C(=O)Cn1ncc2ncccc21.S=C(I)I. The minimum absolute atomic E-state index is 0.0185. The van der Waals surface area contributed by atoms with E-state index in [1.807, 2.05) is 42.7 Å². The lowest BCUT2D eigenvalue weighted by Gasteiger charge is -2.57. The molecule has 0 radical (unpaired) electrons. The normalized spacial score (nSPS) is 40.3. The van der Waals surface area contributed by atoms with Crippen molar-refractivity contribution in [1.29, 1.82) is 0 Å². The second kappa shape index (κ2) is 32.4. The Bertz CT molecular complexity index is 4020. The number of pyridine rings is 3. The van der Waals surface area contributed by atoms with Gasteiger partial charge in [-0.25, -0.2) is 26.3 Å². The molecular weight excluding hydrogens is 1680 g/mol. The lowest BCUT2D eigenvalue weighted by molar-refractivity contribution is -0.160. The summed E-state index contributed by atoms with van der Waals surface area (Å²) < 4.78 is 84.9. The van der Waals surface area contributed by atoms with Crippen molar-refractivity contribution in [3.8, 4) is 0 Å². The summed E-state index contributed by atoms with van der Waals surface area (Å²) >= 11 is 12.0. The van der Waals surface area contributed by atoms with Gasteiger partial charge in [-0.1, -0.05) is 55.0 Å². The van der Waals surface area contributed by atoms with Crippen LogP contribution in [0, 0.1) is 123 Å². The smallest absolute Gasteiger partial charge is 0.266 e. The molecule has 107 heavy (non-hydrogen) atoms. The van der Waals surface area contributed by atoms with Gasteiger partial charge in [0.2, 0.25) is 0 Å². The molecule has 14 nitrogen and oxygen atoms in total. The average Bonchev–Trinajstić information content (AvgIpc) is 1.67. The van der Waals surface area contributed by atoms with E-state index in [1.165, 1.54) is 5.56 Å². The van der Waals surface area contributed by atoms with Crippen LogP contribution < -0.4 is 0 Å². The van der Waals surface area contributed by atoms with E-state index in [1.54, 1.807) is 34.2 Å². The first-order chi connectivity index (χ1) is 51.1. The van der Waals surface area contributed by atoms with E-state index in [9.17, 15) is 56.0 Å². The summed E-state index contributed by atoms with van der Waals surface area (Å²) in [5.74, 6) is 8.63. The second-order valence-electron chi connectivity index (χ2n) is 36.0. The highest BCUT2D eigenvalue weighted by Crippen LogP contribution is 2.69. The van der Waals surface area contributed by atoms with E-state index in [0.717, 1.165) is 170 Å². The Morgan fingerprint density at radius 3 is 1.36 bits per heavy atom. The summed E-state index contributed by atoms with van der Waals surface area (Å²) in [6, 6.07) is 11.6. The van der Waals surface area contributed by atoms with Gasteiger partial charge >= 0.3 is 0 Å². The standard InChI is InChI=1S/2C27H35F2N3O2.C21H31BrF2O2.C7H6N2.CI2S/c1-26-10-8-18-17-9-11-27(34,25(28)29)13-16(17)4-5-19(18)20(26)6-7-21(26)24(33)15-32-23-3-2-12-30-22(23)14-31-32;1-26-10-8-18-17-9-11-27(34,25(28)29)13-16(17)4-5-19(18)20(26)6-7-21(26)24(33)15-32-14-23-22(31-32)3-2-12-30-23;1-20-8-6-14-13-7-9-21(26,19(23)24)10-12(13)2-3-15(14)16(20)4-5-17(20)18(25)11-22;1-2-6-4-8-5-7(6)9-3-1;2-1(3)4/h2*2-3,12,14,16-21,25,34H,4-11,13,15H2,1H3;12-17,19,26H,2-11H2,1H3;1-3,5H,4H2;/t2*16-,17+,18-,19-,20+,21-,26+,27-;12-,13+,14-,15-,16+,17-,20+,21-;;/m111../s1. The maximum Gasteiger partial charge on any atom is 0.266 e. The molecule has 0 amide bonds. The highest BCUT2D eigenvalue weighted by molar-refractivity contribution is 14.2. The van der Waals surface area contributed by atoms with E-state index in [0.29, 0.717) is 95.2 Å². The number of alkyl halides is 7. The fourth-order valence-corrected chi connectivity index (χ4v) is 26.9. The predicted octanol–water partition coefficient (Wildman–Crippen LogP) is 18.9. The number of ketones is 3. The first-order valence-corrected chi connectivity index (χ1v) is 43.8. The molecule has 24 heteroatoms. The first-order valence-electron chi connectivity index (χ1n) is 40.1. The van der Waals surface area contributed by atoms with Crippen molar-refractivity contribution in [3.05, 3.63) is 78.6 Å². The fourth-order valence-electron chi connectivity index (χ4n) is 26.5. The zero-order valence-electron chi connectivity index (χ0n) is 61.9. The van der Waals surface area contributed by atoms with Crippen LogP contribution in [0.1, 0.15) is 205 Å². The number of aliphatic hydroxyl groups is 3. The van der Waals surface area contributed by atoms with E-state index in [4.69, 9.17) is 0 Å². The molecule has 13 aliphatic rings. The lowest BCUT2D eigenvalue weighted by Crippen LogP contribution is -2.53. The molecule has 5 aromatic rings. The Hall–Kier alpha value is -3.44. The highest BCUT2D eigenvalue weighted by atomic mass is 127. The molecule has 0 spiro atoms. The van der Waals surface area contributed by atoms with Crippen LogP contribution in [-0.4, -0.2) is 116 Å². The third-order valence-corrected chi connectivity index (χ3v) is 32.0. The number of fused-ring (bicyclic) bond motifs is 18. The molecule has 5 aromatic heterocycles. The topological polar surface area (TPSA) is 199 Å². The van der Waals surface area contributed by atoms with Gasteiger partial charge in [0.15, 0.2) is 11.6 Å². The number of halogens is 9.